The van der Waals surface area contributed by atoms with E-state index in [-0.39, 0.29) is 0 Å². The summed E-state index contributed by atoms with van der Waals surface area (Å²) >= 11 is 9.32. The summed E-state index contributed by atoms with van der Waals surface area (Å²) in [6, 6.07) is 7.63. The van der Waals surface area contributed by atoms with Gasteiger partial charge in [0.05, 0.1) is 0 Å². The highest BCUT2D eigenvalue weighted by Crippen LogP contribution is 2.27. The maximum absolute atomic E-state index is 5.90. The summed E-state index contributed by atoms with van der Waals surface area (Å²) in [7, 11) is 0. The minimum Gasteiger partial charge on any atom is -0.336 e. The van der Waals surface area contributed by atoms with Crippen molar-refractivity contribution >= 4 is 27.5 Å². The number of hydrogen-bond donors (Lipinski definition) is 1. The number of aryl methyl sites for hydroxylation is 1. The molecule has 0 saturated carbocycles. The first kappa shape index (κ1) is 9.74. The molecule has 72 valence electrons. The Morgan fingerprint density at radius 1 is 1.43 bits per heavy atom. The van der Waals surface area contributed by atoms with E-state index in [1.54, 1.807) is 0 Å². The van der Waals surface area contributed by atoms with Crippen molar-refractivity contribution in [3.63, 3.8) is 0 Å². The lowest BCUT2D eigenvalue weighted by atomic mass is 10.2. The minimum atomic E-state index is 0.718. The fourth-order valence-electron chi connectivity index (χ4n) is 1.29. The normalized spacial score (nSPS) is 10.5. The van der Waals surface area contributed by atoms with Crippen LogP contribution in [0.1, 0.15) is 5.82 Å². The highest BCUT2D eigenvalue weighted by Gasteiger charge is 2.07. The van der Waals surface area contributed by atoms with Crippen LogP contribution in [0, 0.1) is 6.92 Å². The summed E-state index contributed by atoms with van der Waals surface area (Å²) in [6.45, 7) is 1.92. The van der Waals surface area contributed by atoms with Crippen LogP contribution in [0.4, 0.5) is 0 Å². The van der Waals surface area contributed by atoms with Crippen LogP contribution in [-0.4, -0.2) is 9.97 Å². The molecular formula is C10H8BrClN2. The number of H-pyrrole nitrogens is 1. The molecule has 0 unspecified atom stereocenters. The Morgan fingerprint density at radius 2 is 2.21 bits per heavy atom. The Kier molecular flexibility index (Phi) is 2.61. The zero-order chi connectivity index (χ0) is 10.1. The van der Waals surface area contributed by atoms with Gasteiger partial charge in [-0.2, -0.15) is 0 Å². The fraction of sp³-hybridized carbons (Fsp3) is 0.100. The van der Waals surface area contributed by atoms with E-state index in [4.69, 9.17) is 11.6 Å². The van der Waals surface area contributed by atoms with Crippen molar-refractivity contribution in [3.8, 4) is 11.3 Å². The molecule has 1 aromatic heterocycles. The molecule has 0 aliphatic heterocycles. The lowest BCUT2D eigenvalue weighted by Crippen LogP contribution is -1.78. The molecule has 0 fully saturated rings. The van der Waals surface area contributed by atoms with Gasteiger partial charge in [0.25, 0.3) is 0 Å². The van der Waals surface area contributed by atoms with Gasteiger partial charge in [-0.05, 0) is 35.0 Å². The van der Waals surface area contributed by atoms with Gasteiger partial charge in [-0.25, -0.2) is 4.98 Å². The van der Waals surface area contributed by atoms with Crippen molar-refractivity contribution in [2.24, 2.45) is 0 Å². The van der Waals surface area contributed by atoms with Gasteiger partial charge >= 0.3 is 0 Å². The third-order valence-electron chi connectivity index (χ3n) is 1.88. The topological polar surface area (TPSA) is 28.7 Å². The predicted octanol–water partition coefficient (Wildman–Crippen LogP) is 3.80. The predicted molar refractivity (Wildman–Crippen MR) is 61.5 cm³/mol. The SMILES string of the molecule is Cc1nc(-c2cccc(Cl)c2)c(Br)[nH]1. The van der Waals surface area contributed by atoms with Crippen LogP contribution in [0.3, 0.4) is 0 Å². The molecule has 2 aromatic rings. The van der Waals surface area contributed by atoms with E-state index in [1.807, 2.05) is 31.2 Å². The lowest BCUT2D eigenvalue weighted by Gasteiger charge is -1.97. The van der Waals surface area contributed by atoms with Gasteiger partial charge in [0, 0.05) is 10.6 Å². The standard InChI is InChI=1S/C10H8BrClN2/c1-6-13-9(10(11)14-6)7-3-2-4-8(12)5-7/h2-5H,1H3,(H,13,14). The van der Waals surface area contributed by atoms with Gasteiger partial charge in [0.1, 0.15) is 16.1 Å². The highest BCUT2D eigenvalue weighted by atomic mass is 79.9. The molecule has 4 heteroatoms. The molecule has 0 aliphatic carbocycles. The number of nitrogens with one attached hydrogen (secondary N) is 1. The van der Waals surface area contributed by atoms with E-state index in [9.17, 15) is 0 Å². The fourth-order valence-corrected chi connectivity index (χ4v) is 2.08. The monoisotopic (exact) mass is 270 g/mol. The Bertz CT molecular complexity index is 465. The van der Waals surface area contributed by atoms with Crippen LogP contribution in [0.25, 0.3) is 11.3 Å². The molecular weight excluding hydrogens is 263 g/mol. The van der Waals surface area contributed by atoms with Crippen LogP contribution >= 0.6 is 27.5 Å². The summed E-state index contributed by atoms with van der Waals surface area (Å²) < 4.78 is 0.886. The number of imidazole rings is 1. The third kappa shape index (κ3) is 1.83. The quantitative estimate of drug-likeness (QED) is 0.839. The Hall–Kier alpha value is -0.800. The highest BCUT2D eigenvalue weighted by molar-refractivity contribution is 9.10. The van der Waals surface area contributed by atoms with Crippen LogP contribution in [-0.2, 0) is 0 Å². The molecule has 1 aromatic carbocycles. The van der Waals surface area contributed by atoms with Crippen molar-refractivity contribution in [1.29, 1.82) is 0 Å². The molecule has 0 bridgehead atoms. The zero-order valence-electron chi connectivity index (χ0n) is 7.51. The van der Waals surface area contributed by atoms with Crippen molar-refractivity contribution < 1.29 is 0 Å². The van der Waals surface area contributed by atoms with Crippen molar-refractivity contribution in [3.05, 3.63) is 39.7 Å². The average molecular weight is 272 g/mol. The Labute approximate surface area is 95.5 Å². The number of nitrogens with zero attached hydrogens (tertiary/aromatic N) is 1. The summed E-state index contributed by atoms with van der Waals surface area (Å²) in [5.41, 5.74) is 1.90. The second-order valence-corrected chi connectivity index (χ2v) is 4.22. The molecule has 2 rings (SSSR count). The molecule has 0 saturated heterocycles. The first-order valence-electron chi connectivity index (χ1n) is 4.15. The van der Waals surface area contributed by atoms with Crippen molar-refractivity contribution in [1.82, 2.24) is 9.97 Å². The van der Waals surface area contributed by atoms with E-state index in [0.29, 0.717) is 0 Å². The van der Waals surface area contributed by atoms with Crippen LogP contribution in [0.5, 0.6) is 0 Å². The minimum absolute atomic E-state index is 0.718. The van der Waals surface area contributed by atoms with E-state index < -0.39 is 0 Å². The van der Waals surface area contributed by atoms with Crippen LogP contribution in [0.15, 0.2) is 28.9 Å². The second-order valence-electron chi connectivity index (χ2n) is 3.00. The number of rotatable bonds is 1. The Morgan fingerprint density at radius 3 is 2.79 bits per heavy atom. The number of halogens is 2. The zero-order valence-corrected chi connectivity index (χ0v) is 9.85. The summed E-state index contributed by atoms with van der Waals surface area (Å²) in [4.78, 5) is 7.45. The van der Waals surface area contributed by atoms with Gasteiger partial charge in [0.2, 0.25) is 0 Å². The van der Waals surface area contributed by atoms with E-state index in [1.165, 1.54) is 0 Å². The summed E-state index contributed by atoms with van der Waals surface area (Å²) in [5.74, 6) is 0.881. The molecule has 1 N–H and O–H groups in total. The first-order chi connectivity index (χ1) is 6.66. The number of aromatic nitrogens is 2. The molecule has 2 nitrogen and oxygen atoms in total. The van der Waals surface area contributed by atoms with Crippen LogP contribution < -0.4 is 0 Å². The van der Waals surface area contributed by atoms with Crippen LogP contribution in [0.2, 0.25) is 5.02 Å². The largest absolute Gasteiger partial charge is 0.336 e. The molecule has 0 atom stereocenters. The van der Waals surface area contributed by atoms with E-state index in [0.717, 1.165) is 26.7 Å². The van der Waals surface area contributed by atoms with Crippen molar-refractivity contribution in [2.45, 2.75) is 6.92 Å². The molecule has 0 aliphatic rings. The number of hydrogen-bond acceptors (Lipinski definition) is 1. The van der Waals surface area contributed by atoms with Crippen molar-refractivity contribution in [2.75, 3.05) is 0 Å². The van der Waals surface area contributed by atoms with E-state index >= 15 is 0 Å². The van der Waals surface area contributed by atoms with Gasteiger partial charge in [-0.1, -0.05) is 23.7 Å². The maximum atomic E-state index is 5.90. The number of aromatic amines is 1. The maximum Gasteiger partial charge on any atom is 0.110 e. The molecule has 1 heterocycles. The van der Waals surface area contributed by atoms with Gasteiger partial charge < -0.3 is 4.98 Å². The lowest BCUT2D eigenvalue weighted by molar-refractivity contribution is 1.14. The smallest absolute Gasteiger partial charge is 0.110 e. The first-order valence-corrected chi connectivity index (χ1v) is 5.32. The van der Waals surface area contributed by atoms with Gasteiger partial charge in [0.15, 0.2) is 0 Å². The number of benzene rings is 1. The average Bonchev–Trinajstić information content (AvgIpc) is 2.45. The third-order valence-corrected chi connectivity index (χ3v) is 2.69. The summed E-state index contributed by atoms with van der Waals surface area (Å²) in [6.07, 6.45) is 0. The molecule has 0 amide bonds. The second kappa shape index (κ2) is 3.75. The summed E-state index contributed by atoms with van der Waals surface area (Å²) in [5, 5.41) is 0.718. The van der Waals surface area contributed by atoms with Gasteiger partial charge in [-0.15, -0.1) is 0 Å². The molecule has 14 heavy (non-hydrogen) atoms. The van der Waals surface area contributed by atoms with E-state index in [2.05, 4.69) is 25.9 Å². The van der Waals surface area contributed by atoms with Gasteiger partial charge in [-0.3, -0.25) is 0 Å². The Balaban J connectivity index is 2.54. The molecule has 0 radical (unpaired) electrons. The molecule has 0 spiro atoms.